The number of hydrogen-bond donors (Lipinski definition) is 2. The van der Waals surface area contributed by atoms with Gasteiger partial charge in [-0.15, -0.1) is 5.10 Å². The Bertz CT molecular complexity index is 1440. The van der Waals surface area contributed by atoms with Crippen molar-refractivity contribution >= 4 is 55.5 Å². The molecule has 36 heavy (non-hydrogen) atoms. The molecule has 1 aliphatic heterocycles. The smallest absolute Gasteiger partial charge is 0.141 e. The quantitative estimate of drug-likeness (QED) is 0.281. The molecule has 11 heteroatoms. The molecule has 184 valence electrons. The molecular formula is C25H23BrClFN8. The first kappa shape index (κ1) is 24.4. The summed E-state index contributed by atoms with van der Waals surface area (Å²) in [4.78, 5) is 6.89. The van der Waals surface area contributed by atoms with Crippen LogP contribution in [0.3, 0.4) is 0 Å². The van der Waals surface area contributed by atoms with E-state index in [-0.39, 0.29) is 5.02 Å². The third kappa shape index (κ3) is 5.43. The van der Waals surface area contributed by atoms with Crippen molar-refractivity contribution in [3.63, 3.8) is 0 Å². The van der Waals surface area contributed by atoms with Crippen molar-refractivity contribution in [1.29, 1.82) is 5.26 Å². The summed E-state index contributed by atoms with van der Waals surface area (Å²) >= 11 is 9.55. The predicted octanol–water partition coefficient (Wildman–Crippen LogP) is 5.70. The Hall–Kier alpha value is -3.26. The third-order valence-corrected chi connectivity index (χ3v) is 7.03. The maximum atomic E-state index is 13.6. The van der Waals surface area contributed by atoms with Crippen LogP contribution in [0.2, 0.25) is 5.02 Å². The van der Waals surface area contributed by atoms with E-state index in [4.69, 9.17) is 11.6 Å². The Morgan fingerprint density at radius 2 is 1.97 bits per heavy atom. The largest absolute Gasteiger partial charge is 0.379 e. The average Bonchev–Trinajstić information content (AvgIpc) is 3.56. The van der Waals surface area contributed by atoms with Gasteiger partial charge >= 0.3 is 0 Å². The van der Waals surface area contributed by atoms with E-state index in [1.165, 1.54) is 31.2 Å². The third-order valence-electron chi connectivity index (χ3n) is 6.14. The molecule has 2 N–H and O–H groups in total. The van der Waals surface area contributed by atoms with E-state index in [1.807, 2.05) is 23.0 Å². The summed E-state index contributed by atoms with van der Waals surface area (Å²) in [5, 5.41) is 25.5. The van der Waals surface area contributed by atoms with Gasteiger partial charge in [-0.25, -0.2) is 4.39 Å². The van der Waals surface area contributed by atoms with Crippen molar-refractivity contribution in [3.8, 4) is 6.07 Å². The van der Waals surface area contributed by atoms with Crippen LogP contribution in [-0.2, 0) is 13.1 Å². The highest BCUT2D eigenvalue weighted by Crippen LogP contribution is 2.35. The van der Waals surface area contributed by atoms with Crippen molar-refractivity contribution in [2.75, 3.05) is 30.3 Å². The van der Waals surface area contributed by atoms with E-state index in [1.54, 1.807) is 6.07 Å². The first-order valence-corrected chi connectivity index (χ1v) is 12.8. The lowest BCUT2D eigenvalue weighted by atomic mass is 10.1. The number of pyridine rings is 1. The summed E-state index contributed by atoms with van der Waals surface area (Å²) in [6, 6.07) is 10.3. The fourth-order valence-electron chi connectivity index (χ4n) is 4.27. The minimum Gasteiger partial charge on any atom is -0.379 e. The zero-order valence-electron chi connectivity index (χ0n) is 19.3. The number of nitriles is 1. The van der Waals surface area contributed by atoms with Gasteiger partial charge in [-0.2, -0.15) is 5.26 Å². The molecule has 3 heterocycles. The molecule has 0 amide bonds. The summed E-state index contributed by atoms with van der Waals surface area (Å²) in [7, 11) is 0. The van der Waals surface area contributed by atoms with Gasteiger partial charge in [-0.1, -0.05) is 16.8 Å². The number of benzene rings is 2. The topological polar surface area (TPSA) is 94.7 Å². The van der Waals surface area contributed by atoms with E-state index in [9.17, 15) is 9.65 Å². The van der Waals surface area contributed by atoms with Crippen LogP contribution in [0.5, 0.6) is 0 Å². The van der Waals surface area contributed by atoms with E-state index < -0.39 is 5.82 Å². The molecular weight excluding hydrogens is 547 g/mol. The first-order valence-electron chi connectivity index (χ1n) is 11.6. The van der Waals surface area contributed by atoms with E-state index in [0.29, 0.717) is 29.0 Å². The molecule has 4 aromatic rings. The van der Waals surface area contributed by atoms with Gasteiger partial charge in [-0.3, -0.25) is 9.67 Å². The second kappa shape index (κ2) is 10.8. The maximum absolute atomic E-state index is 13.6. The number of hydrogen-bond acceptors (Lipinski definition) is 7. The van der Waals surface area contributed by atoms with Crippen molar-refractivity contribution in [2.24, 2.45) is 0 Å². The molecule has 0 saturated carbocycles. The molecule has 5 rings (SSSR count). The van der Waals surface area contributed by atoms with Crippen molar-refractivity contribution < 1.29 is 4.39 Å². The Morgan fingerprint density at radius 1 is 1.14 bits per heavy atom. The zero-order chi connectivity index (χ0) is 25.1. The number of rotatable bonds is 8. The van der Waals surface area contributed by atoms with Crippen LogP contribution in [0, 0.1) is 17.1 Å². The number of anilines is 3. The van der Waals surface area contributed by atoms with Crippen molar-refractivity contribution in [3.05, 3.63) is 69.3 Å². The number of likely N-dealkylation sites (tertiary alicyclic amines) is 1. The molecule has 0 radical (unpaired) electrons. The molecule has 2 aromatic carbocycles. The molecule has 8 nitrogen and oxygen atoms in total. The second-order valence-corrected chi connectivity index (χ2v) is 9.90. The SMILES string of the molecule is N#Cc1cnc2c(Br)cc(NCc3cn(CCN4CCCC4)nn3)cc2c1Nc1ccc(F)c(Cl)c1. The fraction of sp³-hybridized carbons (Fsp3) is 0.280. The van der Waals surface area contributed by atoms with Gasteiger partial charge in [0.15, 0.2) is 0 Å². The zero-order valence-corrected chi connectivity index (χ0v) is 21.7. The molecule has 2 aromatic heterocycles. The summed E-state index contributed by atoms with van der Waals surface area (Å²) in [6.07, 6.45) is 6.01. The maximum Gasteiger partial charge on any atom is 0.141 e. The Kier molecular flexibility index (Phi) is 7.32. The summed E-state index contributed by atoms with van der Waals surface area (Å²) in [6.45, 7) is 4.61. The molecule has 1 aliphatic rings. The van der Waals surface area contributed by atoms with E-state index >= 15 is 0 Å². The standard InChI is InChI=1S/C25H23BrClFN8/c26-21-10-18(30-14-19-15-36(34-33-19)8-7-35-5-1-2-6-35)9-20-24(16(12-29)13-31-25(20)21)32-17-3-4-23(28)22(27)11-17/h3-4,9-11,13,15,30H,1-2,5-8,14H2,(H,31,32). The van der Waals surface area contributed by atoms with E-state index in [0.717, 1.165) is 47.4 Å². The fourth-order valence-corrected chi connectivity index (χ4v) is 5.01. The Morgan fingerprint density at radius 3 is 2.75 bits per heavy atom. The molecule has 0 bridgehead atoms. The number of aromatic nitrogens is 4. The summed E-state index contributed by atoms with van der Waals surface area (Å²) < 4.78 is 16.3. The van der Waals surface area contributed by atoms with Crippen LogP contribution in [0.25, 0.3) is 10.9 Å². The van der Waals surface area contributed by atoms with Crippen LogP contribution in [0.1, 0.15) is 24.1 Å². The van der Waals surface area contributed by atoms with Crippen LogP contribution in [0.4, 0.5) is 21.5 Å². The van der Waals surface area contributed by atoms with Gasteiger partial charge in [0.2, 0.25) is 0 Å². The number of fused-ring (bicyclic) bond motifs is 1. The van der Waals surface area contributed by atoms with Gasteiger partial charge < -0.3 is 15.5 Å². The lowest BCUT2D eigenvalue weighted by Crippen LogP contribution is -2.24. The minimum atomic E-state index is -0.510. The van der Waals surface area contributed by atoms with Crippen LogP contribution in [0.15, 0.2) is 47.2 Å². The highest BCUT2D eigenvalue weighted by atomic mass is 79.9. The minimum absolute atomic E-state index is 0.00567. The molecule has 1 saturated heterocycles. The van der Waals surface area contributed by atoms with Gasteiger partial charge in [0.25, 0.3) is 0 Å². The lowest BCUT2D eigenvalue weighted by molar-refractivity contribution is 0.314. The number of nitrogens with one attached hydrogen (secondary N) is 2. The number of halogens is 3. The van der Waals surface area contributed by atoms with Crippen molar-refractivity contribution in [2.45, 2.75) is 25.9 Å². The average molecular weight is 570 g/mol. The van der Waals surface area contributed by atoms with E-state index in [2.05, 4.69) is 52.8 Å². The Labute approximate surface area is 221 Å². The van der Waals surface area contributed by atoms with Gasteiger partial charge in [0.1, 0.15) is 17.6 Å². The first-order chi connectivity index (χ1) is 17.5. The molecule has 0 aliphatic carbocycles. The van der Waals surface area contributed by atoms with Crippen LogP contribution >= 0.6 is 27.5 Å². The second-order valence-electron chi connectivity index (χ2n) is 8.64. The number of nitrogens with zero attached hydrogens (tertiary/aromatic N) is 6. The van der Waals surface area contributed by atoms with Gasteiger partial charge in [0, 0.05) is 34.0 Å². The highest BCUT2D eigenvalue weighted by Gasteiger charge is 2.15. The van der Waals surface area contributed by atoms with Gasteiger partial charge in [-0.05, 0) is 72.2 Å². The van der Waals surface area contributed by atoms with Gasteiger partial charge in [0.05, 0.1) is 41.1 Å². The molecule has 0 spiro atoms. The van der Waals surface area contributed by atoms with Crippen LogP contribution in [-0.4, -0.2) is 44.5 Å². The molecule has 0 unspecified atom stereocenters. The lowest BCUT2D eigenvalue weighted by Gasteiger charge is -2.14. The summed E-state index contributed by atoms with van der Waals surface area (Å²) in [5.74, 6) is -0.510. The van der Waals surface area contributed by atoms with Crippen LogP contribution < -0.4 is 10.6 Å². The summed E-state index contributed by atoms with van der Waals surface area (Å²) in [5.41, 5.74) is 3.80. The van der Waals surface area contributed by atoms with Crippen molar-refractivity contribution in [1.82, 2.24) is 24.9 Å². The monoisotopic (exact) mass is 568 g/mol. The predicted molar refractivity (Wildman–Crippen MR) is 142 cm³/mol. The Balaban J connectivity index is 1.36. The highest BCUT2D eigenvalue weighted by molar-refractivity contribution is 9.10. The molecule has 0 atom stereocenters. The molecule has 1 fully saturated rings. The normalized spacial score (nSPS) is 13.7.